The highest BCUT2D eigenvalue weighted by Gasteiger charge is 2.17. The molecule has 3 aromatic rings. The van der Waals surface area contributed by atoms with Crippen molar-refractivity contribution in [3.05, 3.63) is 78.5 Å². The monoisotopic (exact) mass is 396 g/mol. The molecular weight excluding hydrogens is 376 g/mol. The summed E-state index contributed by atoms with van der Waals surface area (Å²) in [7, 11) is -0.609. The Balaban J connectivity index is 1.66. The number of carbonyl (C=O) groups is 1. The van der Waals surface area contributed by atoms with Crippen molar-refractivity contribution in [2.75, 3.05) is 24.7 Å². The van der Waals surface area contributed by atoms with E-state index < -0.39 is 10.0 Å². The van der Waals surface area contributed by atoms with Crippen molar-refractivity contribution < 1.29 is 13.2 Å². The van der Waals surface area contributed by atoms with E-state index in [9.17, 15) is 13.2 Å². The lowest BCUT2D eigenvalue weighted by Gasteiger charge is -2.12. The second-order valence-electron chi connectivity index (χ2n) is 6.19. The van der Waals surface area contributed by atoms with Crippen LogP contribution in [0.25, 0.3) is 0 Å². The van der Waals surface area contributed by atoms with E-state index in [1.165, 1.54) is 38.4 Å². The maximum atomic E-state index is 12.4. The standard InChI is InChI=1S/C20H20N4O3S/c1-24(2)28(26,27)18-11-8-15(9-12-18)20(25)23-17-10-13-19(21-14-17)22-16-6-4-3-5-7-16/h3-14H,1-2H3,(H,21,22)(H,23,25). The molecule has 1 amide bonds. The summed E-state index contributed by atoms with van der Waals surface area (Å²) in [6.45, 7) is 0. The lowest BCUT2D eigenvalue weighted by Crippen LogP contribution is -2.22. The van der Waals surface area contributed by atoms with Crippen LogP contribution >= 0.6 is 0 Å². The van der Waals surface area contributed by atoms with Crippen LogP contribution in [0, 0.1) is 0 Å². The van der Waals surface area contributed by atoms with E-state index in [0.717, 1.165) is 9.99 Å². The maximum absolute atomic E-state index is 12.4. The maximum Gasteiger partial charge on any atom is 0.255 e. The summed E-state index contributed by atoms with van der Waals surface area (Å²) in [6, 6.07) is 18.9. The van der Waals surface area contributed by atoms with E-state index in [-0.39, 0.29) is 10.8 Å². The summed E-state index contributed by atoms with van der Waals surface area (Å²) in [4.78, 5) is 16.8. The van der Waals surface area contributed by atoms with Crippen molar-refractivity contribution in [1.29, 1.82) is 0 Å². The van der Waals surface area contributed by atoms with Gasteiger partial charge in [0.2, 0.25) is 10.0 Å². The minimum absolute atomic E-state index is 0.132. The van der Waals surface area contributed by atoms with Gasteiger partial charge in [0.05, 0.1) is 16.8 Å². The average molecular weight is 396 g/mol. The van der Waals surface area contributed by atoms with Gasteiger partial charge < -0.3 is 10.6 Å². The van der Waals surface area contributed by atoms with Crippen molar-refractivity contribution >= 4 is 33.1 Å². The minimum atomic E-state index is -3.52. The third kappa shape index (κ3) is 4.54. The summed E-state index contributed by atoms with van der Waals surface area (Å²) < 4.78 is 25.3. The first kappa shape index (κ1) is 19.5. The second kappa shape index (κ2) is 8.20. The number of pyridine rings is 1. The predicted molar refractivity (Wildman–Crippen MR) is 109 cm³/mol. The molecule has 2 aromatic carbocycles. The Morgan fingerprint density at radius 3 is 2.14 bits per heavy atom. The molecule has 0 radical (unpaired) electrons. The molecule has 0 spiro atoms. The molecule has 1 aromatic heterocycles. The van der Waals surface area contributed by atoms with Gasteiger partial charge in [-0.25, -0.2) is 17.7 Å². The summed E-state index contributed by atoms with van der Waals surface area (Å²) in [5, 5.41) is 5.90. The van der Waals surface area contributed by atoms with Gasteiger partial charge in [0.25, 0.3) is 5.91 Å². The van der Waals surface area contributed by atoms with Crippen LogP contribution in [0.5, 0.6) is 0 Å². The SMILES string of the molecule is CN(C)S(=O)(=O)c1ccc(C(=O)Nc2ccc(Nc3ccccc3)nc2)cc1. The van der Waals surface area contributed by atoms with E-state index in [1.807, 2.05) is 30.3 Å². The molecule has 0 bridgehead atoms. The van der Waals surface area contributed by atoms with Crippen LogP contribution < -0.4 is 10.6 Å². The van der Waals surface area contributed by atoms with Gasteiger partial charge >= 0.3 is 0 Å². The molecule has 0 aliphatic rings. The van der Waals surface area contributed by atoms with Gasteiger partial charge in [-0.2, -0.15) is 0 Å². The third-order valence-corrected chi connectivity index (χ3v) is 5.79. The largest absolute Gasteiger partial charge is 0.340 e. The van der Waals surface area contributed by atoms with Gasteiger partial charge in [0.15, 0.2) is 0 Å². The number of anilines is 3. The number of hydrogen-bond acceptors (Lipinski definition) is 5. The quantitative estimate of drug-likeness (QED) is 0.667. The number of benzene rings is 2. The average Bonchev–Trinajstić information content (AvgIpc) is 2.70. The van der Waals surface area contributed by atoms with E-state index in [4.69, 9.17) is 0 Å². The number of amides is 1. The number of nitrogens with zero attached hydrogens (tertiary/aromatic N) is 2. The summed E-state index contributed by atoms with van der Waals surface area (Å²) in [5.41, 5.74) is 1.80. The zero-order valence-corrected chi connectivity index (χ0v) is 16.3. The van der Waals surface area contributed by atoms with Crippen molar-refractivity contribution in [2.45, 2.75) is 4.90 Å². The molecule has 8 heteroatoms. The number of hydrogen-bond donors (Lipinski definition) is 2. The van der Waals surface area contributed by atoms with E-state index >= 15 is 0 Å². The number of carbonyl (C=O) groups excluding carboxylic acids is 1. The highest BCUT2D eigenvalue weighted by atomic mass is 32.2. The molecule has 0 atom stereocenters. The molecule has 144 valence electrons. The Kier molecular flexibility index (Phi) is 5.72. The van der Waals surface area contributed by atoms with Crippen LogP contribution in [-0.4, -0.2) is 37.7 Å². The normalized spacial score (nSPS) is 11.2. The van der Waals surface area contributed by atoms with E-state index in [1.54, 1.807) is 18.3 Å². The molecule has 7 nitrogen and oxygen atoms in total. The molecule has 3 rings (SSSR count). The Labute approximate surface area is 164 Å². The molecule has 0 fully saturated rings. The number of aromatic nitrogens is 1. The summed E-state index contributed by atoms with van der Waals surface area (Å²) in [5.74, 6) is 0.307. The zero-order chi connectivity index (χ0) is 20.1. The first-order chi connectivity index (χ1) is 13.4. The Bertz CT molecular complexity index is 1050. The fraction of sp³-hybridized carbons (Fsp3) is 0.100. The van der Waals surface area contributed by atoms with Gasteiger partial charge in [0, 0.05) is 25.3 Å². The molecular formula is C20H20N4O3S. The fourth-order valence-corrected chi connectivity index (χ4v) is 3.31. The molecule has 1 heterocycles. The first-order valence-electron chi connectivity index (χ1n) is 8.48. The van der Waals surface area contributed by atoms with Crippen LogP contribution in [0.3, 0.4) is 0 Å². The third-order valence-electron chi connectivity index (χ3n) is 3.96. The van der Waals surface area contributed by atoms with Gasteiger partial charge in [0.1, 0.15) is 5.82 Å². The fourth-order valence-electron chi connectivity index (χ4n) is 2.40. The van der Waals surface area contributed by atoms with Crippen molar-refractivity contribution in [3.63, 3.8) is 0 Å². The molecule has 0 saturated carbocycles. The number of rotatable bonds is 6. The van der Waals surface area contributed by atoms with Gasteiger partial charge in [-0.15, -0.1) is 0 Å². The molecule has 2 N–H and O–H groups in total. The Morgan fingerprint density at radius 2 is 1.57 bits per heavy atom. The number of sulfonamides is 1. The highest BCUT2D eigenvalue weighted by molar-refractivity contribution is 7.89. The van der Waals surface area contributed by atoms with E-state index in [0.29, 0.717) is 17.1 Å². The smallest absolute Gasteiger partial charge is 0.255 e. The molecule has 28 heavy (non-hydrogen) atoms. The molecule has 0 saturated heterocycles. The highest BCUT2D eigenvalue weighted by Crippen LogP contribution is 2.17. The van der Waals surface area contributed by atoms with Crippen LogP contribution in [0.15, 0.2) is 77.8 Å². The minimum Gasteiger partial charge on any atom is -0.340 e. The predicted octanol–water partition coefficient (Wildman–Crippen LogP) is 3.33. The van der Waals surface area contributed by atoms with Gasteiger partial charge in [-0.05, 0) is 48.5 Å². The van der Waals surface area contributed by atoms with Crippen LogP contribution in [-0.2, 0) is 10.0 Å². The molecule has 0 aliphatic carbocycles. The van der Waals surface area contributed by atoms with Gasteiger partial charge in [-0.3, -0.25) is 4.79 Å². The van der Waals surface area contributed by atoms with Crippen LogP contribution in [0.1, 0.15) is 10.4 Å². The topological polar surface area (TPSA) is 91.4 Å². The zero-order valence-electron chi connectivity index (χ0n) is 15.5. The lowest BCUT2D eigenvalue weighted by atomic mass is 10.2. The Morgan fingerprint density at radius 1 is 0.893 bits per heavy atom. The van der Waals surface area contributed by atoms with Crippen molar-refractivity contribution in [2.24, 2.45) is 0 Å². The van der Waals surface area contributed by atoms with Crippen molar-refractivity contribution in [1.82, 2.24) is 9.29 Å². The van der Waals surface area contributed by atoms with E-state index in [2.05, 4.69) is 15.6 Å². The number of nitrogens with one attached hydrogen (secondary N) is 2. The van der Waals surface area contributed by atoms with Gasteiger partial charge in [-0.1, -0.05) is 18.2 Å². The molecule has 0 aliphatic heterocycles. The summed E-state index contributed by atoms with van der Waals surface area (Å²) in [6.07, 6.45) is 1.55. The Hall–Kier alpha value is -3.23. The van der Waals surface area contributed by atoms with Crippen molar-refractivity contribution in [3.8, 4) is 0 Å². The van der Waals surface area contributed by atoms with Crippen LogP contribution in [0.2, 0.25) is 0 Å². The van der Waals surface area contributed by atoms with Crippen LogP contribution in [0.4, 0.5) is 17.2 Å². The lowest BCUT2D eigenvalue weighted by molar-refractivity contribution is 0.102. The first-order valence-corrected chi connectivity index (χ1v) is 9.92. The summed E-state index contributed by atoms with van der Waals surface area (Å²) >= 11 is 0. The number of para-hydroxylation sites is 1. The second-order valence-corrected chi connectivity index (χ2v) is 8.34. The molecule has 0 unspecified atom stereocenters.